The van der Waals surface area contributed by atoms with Gasteiger partial charge in [-0.1, -0.05) is 26.2 Å². The second-order valence-electron chi connectivity index (χ2n) is 3.86. The van der Waals surface area contributed by atoms with Crippen LogP contribution in [0.1, 0.15) is 46.5 Å². The molecule has 0 atom stereocenters. The van der Waals surface area contributed by atoms with Crippen LogP contribution in [0, 0.1) is 0 Å². The molecule has 0 aliphatic carbocycles. The molecule has 0 radical (unpaired) electrons. The fourth-order valence-electron chi connectivity index (χ4n) is 1.41. The molecule has 0 saturated carbocycles. The highest BCUT2D eigenvalue weighted by Crippen LogP contribution is 1.99. The third-order valence-electron chi connectivity index (χ3n) is 2.14. The second kappa shape index (κ2) is 9.63. The summed E-state index contributed by atoms with van der Waals surface area (Å²) in [6.45, 7) is 7.28. The lowest BCUT2D eigenvalue weighted by molar-refractivity contribution is 0.675. The van der Waals surface area contributed by atoms with Crippen LogP contribution >= 0.6 is 0 Å². The van der Waals surface area contributed by atoms with Crippen molar-refractivity contribution in [3.05, 3.63) is 11.6 Å². The molecule has 0 aliphatic heterocycles. The maximum Gasteiger partial charge on any atom is 0.0392 e. The molecule has 2 nitrogen and oxygen atoms in total. The van der Waals surface area contributed by atoms with Gasteiger partial charge in [-0.25, -0.2) is 0 Å². The first-order valence-electron chi connectivity index (χ1n) is 5.82. The van der Waals surface area contributed by atoms with Gasteiger partial charge >= 0.3 is 0 Å². The number of hydrogen-bond acceptors (Lipinski definition) is 2. The van der Waals surface area contributed by atoms with E-state index in [0.717, 1.165) is 17.8 Å². The van der Waals surface area contributed by atoms with Crippen molar-refractivity contribution in [1.82, 2.24) is 0 Å². The zero-order chi connectivity index (χ0) is 11.5. The standard InChI is InChI=1S/C13H24N2/c1-5-6-7-8-9-15-13(3)10-12(2)11-14-4/h10-11H,5-9H2,1-4H3/b12-10-,14-11?,15-13?. The number of hydrogen-bond donors (Lipinski definition) is 0. The molecule has 0 aliphatic rings. The quantitative estimate of drug-likeness (QED) is 0.450. The molecule has 0 N–H and O–H groups in total. The molecule has 2 heteroatoms. The van der Waals surface area contributed by atoms with Crippen molar-refractivity contribution in [2.75, 3.05) is 13.6 Å². The van der Waals surface area contributed by atoms with Gasteiger partial charge < -0.3 is 0 Å². The maximum atomic E-state index is 4.50. The van der Waals surface area contributed by atoms with Gasteiger partial charge in [-0.2, -0.15) is 0 Å². The van der Waals surface area contributed by atoms with Crippen molar-refractivity contribution < 1.29 is 0 Å². The molecule has 0 heterocycles. The highest BCUT2D eigenvalue weighted by molar-refractivity contribution is 5.97. The number of nitrogens with zero attached hydrogens (tertiary/aromatic N) is 2. The molecule has 0 amide bonds. The molecule has 0 rings (SSSR count). The van der Waals surface area contributed by atoms with Gasteiger partial charge in [0.1, 0.15) is 0 Å². The smallest absolute Gasteiger partial charge is 0.0392 e. The zero-order valence-electron chi connectivity index (χ0n) is 10.6. The lowest BCUT2D eigenvalue weighted by atomic mass is 10.2. The van der Waals surface area contributed by atoms with Crippen LogP contribution in [0.3, 0.4) is 0 Å². The molecule has 86 valence electrons. The van der Waals surface area contributed by atoms with Crippen molar-refractivity contribution in [2.24, 2.45) is 9.98 Å². The molecule has 0 saturated heterocycles. The average molecular weight is 208 g/mol. The van der Waals surface area contributed by atoms with Crippen LogP contribution in [-0.2, 0) is 0 Å². The number of rotatable bonds is 7. The van der Waals surface area contributed by atoms with Crippen LogP contribution in [-0.4, -0.2) is 25.5 Å². The predicted molar refractivity (Wildman–Crippen MR) is 70.3 cm³/mol. The fraction of sp³-hybridized carbons (Fsp3) is 0.692. The van der Waals surface area contributed by atoms with Crippen molar-refractivity contribution in [1.29, 1.82) is 0 Å². The van der Waals surface area contributed by atoms with E-state index in [0.29, 0.717) is 0 Å². The van der Waals surface area contributed by atoms with Gasteiger partial charge in [-0.05, 0) is 31.9 Å². The van der Waals surface area contributed by atoms with Gasteiger partial charge in [0, 0.05) is 25.5 Å². The van der Waals surface area contributed by atoms with E-state index in [1.54, 1.807) is 7.05 Å². The molecule has 0 aromatic heterocycles. The first-order chi connectivity index (χ1) is 7.20. The highest BCUT2D eigenvalue weighted by Gasteiger charge is 1.89. The predicted octanol–water partition coefficient (Wildman–Crippen LogP) is 3.67. The van der Waals surface area contributed by atoms with Crippen molar-refractivity contribution in [3.8, 4) is 0 Å². The van der Waals surface area contributed by atoms with Crippen molar-refractivity contribution in [3.63, 3.8) is 0 Å². The molecular formula is C13H24N2. The number of unbranched alkanes of at least 4 members (excludes halogenated alkanes) is 3. The average Bonchev–Trinajstić information content (AvgIpc) is 2.17. The number of aliphatic imine (C=N–C) groups is 2. The Kier molecular flexibility index (Phi) is 9.04. The van der Waals surface area contributed by atoms with Gasteiger partial charge in [0.15, 0.2) is 0 Å². The van der Waals surface area contributed by atoms with E-state index in [2.05, 4.69) is 23.0 Å². The molecule has 0 aromatic carbocycles. The van der Waals surface area contributed by atoms with E-state index in [-0.39, 0.29) is 0 Å². The Hall–Kier alpha value is -0.920. The minimum Gasteiger partial charge on any atom is -0.296 e. The first-order valence-corrected chi connectivity index (χ1v) is 5.82. The van der Waals surface area contributed by atoms with Gasteiger partial charge in [-0.15, -0.1) is 0 Å². The Balaban J connectivity index is 3.83. The summed E-state index contributed by atoms with van der Waals surface area (Å²) in [6.07, 6.45) is 9.05. The van der Waals surface area contributed by atoms with E-state index in [9.17, 15) is 0 Å². The van der Waals surface area contributed by atoms with Crippen molar-refractivity contribution >= 4 is 11.9 Å². The Labute approximate surface area is 94.2 Å². The van der Waals surface area contributed by atoms with E-state index in [1.165, 1.54) is 25.7 Å². The largest absolute Gasteiger partial charge is 0.296 e. The van der Waals surface area contributed by atoms with Crippen LogP contribution in [0.2, 0.25) is 0 Å². The third kappa shape index (κ3) is 9.39. The lowest BCUT2D eigenvalue weighted by Gasteiger charge is -1.97. The molecule has 0 unspecified atom stereocenters. The Morgan fingerprint density at radius 2 is 1.87 bits per heavy atom. The first kappa shape index (κ1) is 14.1. The summed E-state index contributed by atoms with van der Waals surface area (Å²) < 4.78 is 0. The SMILES string of the molecule is CCCCCCN=C(C)/C=C(/C)C=NC. The topological polar surface area (TPSA) is 24.7 Å². The van der Waals surface area contributed by atoms with Crippen LogP contribution in [0.25, 0.3) is 0 Å². The molecule has 15 heavy (non-hydrogen) atoms. The summed E-state index contributed by atoms with van der Waals surface area (Å²) in [5, 5.41) is 0. The number of allylic oxidation sites excluding steroid dienone is 2. The van der Waals surface area contributed by atoms with Gasteiger partial charge in [0.25, 0.3) is 0 Å². The van der Waals surface area contributed by atoms with Gasteiger partial charge in [-0.3, -0.25) is 9.98 Å². The summed E-state index contributed by atoms with van der Waals surface area (Å²) >= 11 is 0. The minimum absolute atomic E-state index is 0.957. The molecule has 0 bridgehead atoms. The zero-order valence-corrected chi connectivity index (χ0v) is 10.6. The van der Waals surface area contributed by atoms with E-state index in [1.807, 2.05) is 20.1 Å². The van der Waals surface area contributed by atoms with Crippen molar-refractivity contribution in [2.45, 2.75) is 46.5 Å². The van der Waals surface area contributed by atoms with Gasteiger partial charge in [0.2, 0.25) is 0 Å². The highest BCUT2D eigenvalue weighted by atomic mass is 14.7. The fourth-order valence-corrected chi connectivity index (χ4v) is 1.41. The van der Waals surface area contributed by atoms with Crippen LogP contribution in [0.4, 0.5) is 0 Å². The van der Waals surface area contributed by atoms with E-state index in [4.69, 9.17) is 0 Å². The molecule has 0 fully saturated rings. The molecule has 0 aromatic rings. The summed E-state index contributed by atoms with van der Waals surface area (Å²) in [4.78, 5) is 8.46. The van der Waals surface area contributed by atoms with E-state index < -0.39 is 0 Å². The summed E-state index contributed by atoms with van der Waals surface area (Å²) in [5.74, 6) is 0. The van der Waals surface area contributed by atoms with E-state index >= 15 is 0 Å². The summed E-state index contributed by atoms with van der Waals surface area (Å²) in [7, 11) is 1.79. The van der Waals surface area contributed by atoms with Crippen LogP contribution in [0.15, 0.2) is 21.6 Å². The minimum atomic E-state index is 0.957. The maximum absolute atomic E-state index is 4.50. The van der Waals surface area contributed by atoms with Crippen LogP contribution in [0.5, 0.6) is 0 Å². The monoisotopic (exact) mass is 208 g/mol. The molecule has 0 spiro atoms. The van der Waals surface area contributed by atoms with Crippen LogP contribution < -0.4 is 0 Å². The Bertz CT molecular complexity index is 237. The normalized spacial score (nSPS) is 13.9. The molecular weight excluding hydrogens is 184 g/mol. The summed E-state index contributed by atoms with van der Waals surface area (Å²) in [6, 6.07) is 0. The van der Waals surface area contributed by atoms with Gasteiger partial charge in [0.05, 0.1) is 0 Å². The third-order valence-corrected chi connectivity index (χ3v) is 2.14. The second-order valence-corrected chi connectivity index (χ2v) is 3.86. The summed E-state index contributed by atoms with van der Waals surface area (Å²) in [5.41, 5.74) is 2.26. The lowest BCUT2D eigenvalue weighted by Crippen LogP contribution is -1.92. The Morgan fingerprint density at radius 3 is 2.47 bits per heavy atom. The Morgan fingerprint density at radius 1 is 1.13 bits per heavy atom.